The zero-order valence-electron chi connectivity index (χ0n) is 13.7. The zero-order chi connectivity index (χ0) is 17.6. The molecule has 2 N–H and O–H groups in total. The van der Waals surface area contributed by atoms with Gasteiger partial charge in [0, 0.05) is 18.5 Å². The van der Waals surface area contributed by atoms with E-state index in [0.29, 0.717) is 18.2 Å². The minimum absolute atomic E-state index is 0.0382. The van der Waals surface area contributed by atoms with E-state index in [9.17, 15) is 18.0 Å². The maximum Gasteiger partial charge on any atom is 0.411 e. The van der Waals surface area contributed by atoms with Gasteiger partial charge in [-0.05, 0) is 37.4 Å². The van der Waals surface area contributed by atoms with Crippen molar-refractivity contribution < 1.29 is 22.7 Å². The molecule has 1 saturated heterocycles. The standard InChI is InChI=1S/C17H23F3N2O2/c1-12-8-15(6-7-21-12)16(23)22-9-13-2-4-14(5-3-13)10-24-11-17(18,19)20/h2-5,12,15,21H,6-11H2,1H3,(H,22,23)/t12-,15-/m0/s1. The molecule has 1 aromatic carbocycles. The third-order valence-electron chi connectivity index (χ3n) is 4.02. The summed E-state index contributed by atoms with van der Waals surface area (Å²) in [6.45, 7) is 2.00. The van der Waals surface area contributed by atoms with Crippen LogP contribution in [0.2, 0.25) is 0 Å². The first kappa shape index (κ1) is 18.7. The van der Waals surface area contributed by atoms with Crippen LogP contribution in [0.25, 0.3) is 0 Å². The van der Waals surface area contributed by atoms with Crippen molar-refractivity contribution >= 4 is 5.91 Å². The van der Waals surface area contributed by atoms with E-state index in [4.69, 9.17) is 0 Å². The minimum atomic E-state index is -4.31. The van der Waals surface area contributed by atoms with Crippen molar-refractivity contribution in [2.75, 3.05) is 13.2 Å². The third kappa shape index (κ3) is 6.49. The molecule has 1 fully saturated rings. The van der Waals surface area contributed by atoms with Crippen molar-refractivity contribution in [1.82, 2.24) is 10.6 Å². The van der Waals surface area contributed by atoms with E-state index in [-0.39, 0.29) is 18.4 Å². The van der Waals surface area contributed by atoms with Gasteiger partial charge in [0.25, 0.3) is 0 Å². The zero-order valence-corrected chi connectivity index (χ0v) is 13.7. The molecule has 2 rings (SSSR count). The highest BCUT2D eigenvalue weighted by Gasteiger charge is 2.27. The molecule has 2 atom stereocenters. The van der Waals surface area contributed by atoms with Gasteiger partial charge in [-0.25, -0.2) is 0 Å². The number of nitrogens with one attached hydrogen (secondary N) is 2. The van der Waals surface area contributed by atoms with Gasteiger partial charge in [0.1, 0.15) is 6.61 Å². The predicted molar refractivity (Wildman–Crippen MR) is 84.2 cm³/mol. The van der Waals surface area contributed by atoms with Crippen LogP contribution >= 0.6 is 0 Å². The predicted octanol–water partition coefficient (Wildman–Crippen LogP) is 2.77. The number of piperidine rings is 1. The Labute approximate surface area is 139 Å². The first-order chi connectivity index (χ1) is 11.3. The number of halogens is 3. The van der Waals surface area contributed by atoms with Crippen molar-refractivity contribution in [3.8, 4) is 0 Å². The van der Waals surface area contributed by atoms with Crippen LogP contribution < -0.4 is 10.6 Å². The maximum absolute atomic E-state index is 12.2. The number of carbonyl (C=O) groups is 1. The van der Waals surface area contributed by atoms with Gasteiger partial charge in [-0.2, -0.15) is 13.2 Å². The summed E-state index contributed by atoms with van der Waals surface area (Å²) in [6, 6.07) is 7.36. The molecule has 0 aliphatic carbocycles. The summed E-state index contributed by atoms with van der Waals surface area (Å²) in [5, 5.41) is 6.24. The van der Waals surface area contributed by atoms with Crippen LogP contribution in [0.3, 0.4) is 0 Å². The Balaban J connectivity index is 1.74. The Bertz CT molecular complexity index is 532. The molecule has 4 nitrogen and oxygen atoms in total. The molecule has 134 valence electrons. The van der Waals surface area contributed by atoms with Crippen LogP contribution in [0.1, 0.15) is 30.9 Å². The lowest BCUT2D eigenvalue weighted by molar-refractivity contribution is -0.176. The summed E-state index contributed by atoms with van der Waals surface area (Å²) in [5.74, 6) is 0.0947. The quantitative estimate of drug-likeness (QED) is 0.834. The molecule has 0 saturated carbocycles. The summed E-state index contributed by atoms with van der Waals surface area (Å²) in [4.78, 5) is 12.2. The van der Waals surface area contributed by atoms with Gasteiger partial charge < -0.3 is 15.4 Å². The minimum Gasteiger partial charge on any atom is -0.367 e. The average molecular weight is 344 g/mol. The van der Waals surface area contributed by atoms with Crippen LogP contribution in [-0.2, 0) is 22.7 Å². The van der Waals surface area contributed by atoms with Crippen LogP contribution in [0.4, 0.5) is 13.2 Å². The number of rotatable bonds is 6. The molecular weight excluding hydrogens is 321 g/mol. The summed E-state index contributed by atoms with van der Waals surface area (Å²) in [6.07, 6.45) is -2.64. The second-order valence-corrected chi connectivity index (χ2v) is 6.22. The lowest BCUT2D eigenvalue weighted by atomic mass is 9.92. The normalized spacial score (nSPS) is 21.5. The third-order valence-corrected chi connectivity index (χ3v) is 4.02. The molecule has 1 aliphatic heterocycles. The van der Waals surface area contributed by atoms with Crippen LogP contribution in [-0.4, -0.2) is 31.3 Å². The fourth-order valence-electron chi connectivity index (χ4n) is 2.74. The SMILES string of the molecule is C[C@H]1C[C@@H](C(=O)NCc2ccc(COCC(F)(F)F)cc2)CCN1. The largest absolute Gasteiger partial charge is 0.411 e. The van der Waals surface area contributed by atoms with Gasteiger partial charge in [0.2, 0.25) is 5.91 Å². The highest BCUT2D eigenvalue weighted by Crippen LogP contribution is 2.17. The van der Waals surface area contributed by atoms with Crippen LogP contribution in [0, 0.1) is 5.92 Å². The molecule has 7 heteroatoms. The number of amides is 1. The van der Waals surface area contributed by atoms with Crippen molar-refractivity contribution in [2.45, 2.75) is 45.1 Å². The van der Waals surface area contributed by atoms with Crippen molar-refractivity contribution in [3.05, 3.63) is 35.4 Å². The topological polar surface area (TPSA) is 50.4 Å². The van der Waals surface area contributed by atoms with Gasteiger partial charge in [-0.3, -0.25) is 4.79 Å². The average Bonchev–Trinajstić information content (AvgIpc) is 2.52. The lowest BCUT2D eigenvalue weighted by Gasteiger charge is -2.27. The highest BCUT2D eigenvalue weighted by molar-refractivity contribution is 5.78. The Hall–Kier alpha value is -1.60. The molecule has 0 radical (unpaired) electrons. The number of ether oxygens (including phenoxy) is 1. The van der Waals surface area contributed by atoms with Gasteiger partial charge in [0.15, 0.2) is 0 Å². The molecule has 1 aliphatic rings. The van der Waals surface area contributed by atoms with Crippen molar-refractivity contribution in [3.63, 3.8) is 0 Å². The van der Waals surface area contributed by atoms with Gasteiger partial charge in [0.05, 0.1) is 6.61 Å². The molecule has 1 amide bonds. The lowest BCUT2D eigenvalue weighted by Crippen LogP contribution is -2.42. The Kier molecular flexibility index (Phi) is 6.62. The van der Waals surface area contributed by atoms with E-state index in [1.165, 1.54) is 0 Å². The van der Waals surface area contributed by atoms with Crippen molar-refractivity contribution in [1.29, 1.82) is 0 Å². The smallest absolute Gasteiger partial charge is 0.367 e. The van der Waals surface area contributed by atoms with Gasteiger partial charge in [-0.15, -0.1) is 0 Å². The number of alkyl halides is 3. The van der Waals surface area contributed by atoms with E-state index in [2.05, 4.69) is 22.3 Å². The van der Waals surface area contributed by atoms with E-state index < -0.39 is 12.8 Å². The second-order valence-electron chi connectivity index (χ2n) is 6.22. The molecule has 0 spiro atoms. The van der Waals surface area contributed by atoms with E-state index in [0.717, 1.165) is 24.9 Å². The van der Waals surface area contributed by atoms with Crippen molar-refractivity contribution in [2.24, 2.45) is 5.92 Å². The van der Waals surface area contributed by atoms with E-state index >= 15 is 0 Å². The Morgan fingerprint density at radius 1 is 1.29 bits per heavy atom. The first-order valence-electron chi connectivity index (χ1n) is 8.07. The fraction of sp³-hybridized carbons (Fsp3) is 0.588. The molecule has 0 bridgehead atoms. The molecule has 24 heavy (non-hydrogen) atoms. The Morgan fingerprint density at radius 3 is 2.58 bits per heavy atom. The molecule has 0 unspecified atom stereocenters. The molecule has 0 aromatic heterocycles. The highest BCUT2D eigenvalue weighted by atomic mass is 19.4. The number of carbonyl (C=O) groups excluding carboxylic acids is 1. The van der Waals surface area contributed by atoms with Gasteiger partial charge in [-0.1, -0.05) is 24.3 Å². The Morgan fingerprint density at radius 2 is 1.96 bits per heavy atom. The monoisotopic (exact) mass is 344 g/mol. The summed E-state index contributed by atoms with van der Waals surface area (Å²) in [5.41, 5.74) is 1.58. The fourth-order valence-corrected chi connectivity index (χ4v) is 2.74. The number of hydrogen-bond donors (Lipinski definition) is 2. The van der Waals surface area contributed by atoms with Crippen LogP contribution in [0.15, 0.2) is 24.3 Å². The first-order valence-corrected chi connectivity index (χ1v) is 8.07. The van der Waals surface area contributed by atoms with Crippen LogP contribution in [0.5, 0.6) is 0 Å². The number of benzene rings is 1. The number of hydrogen-bond acceptors (Lipinski definition) is 3. The summed E-state index contributed by atoms with van der Waals surface area (Å²) >= 11 is 0. The van der Waals surface area contributed by atoms with Gasteiger partial charge >= 0.3 is 6.18 Å². The summed E-state index contributed by atoms with van der Waals surface area (Å²) < 4.78 is 40.6. The van der Waals surface area contributed by atoms with E-state index in [1.807, 2.05) is 0 Å². The summed E-state index contributed by atoms with van der Waals surface area (Å²) in [7, 11) is 0. The molecule has 1 heterocycles. The second kappa shape index (κ2) is 8.48. The molecular formula is C17H23F3N2O2. The molecule has 1 aromatic rings. The maximum atomic E-state index is 12.2. The van der Waals surface area contributed by atoms with E-state index in [1.54, 1.807) is 24.3 Å².